The van der Waals surface area contributed by atoms with Crippen LogP contribution in [0.3, 0.4) is 0 Å². The van der Waals surface area contributed by atoms with E-state index in [9.17, 15) is 22.8 Å². The summed E-state index contributed by atoms with van der Waals surface area (Å²) in [5.41, 5.74) is 0.476. The molecule has 0 aliphatic carbocycles. The lowest BCUT2D eigenvalue weighted by atomic mass is 10.1. The highest BCUT2D eigenvalue weighted by Gasteiger charge is 2.22. The fourth-order valence-electron chi connectivity index (χ4n) is 3.62. The van der Waals surface area contributed by atoms with Crippen molar-refractivity contribution >= 4 is 33.3 Å². The van der Waals surface area contributed by atoms with Crippen molar-refractivity contribution < 1.29 is 27.5 Å². The second kappa shape index (κ2) is 11.0. The van der Waals surface area contributed by atoms with E-state index in [0.29, 0.717) is 37.4 Å². The van der Waals surface area contributed by atoms with Crippen molar-refractivity contribution in [2.75, 3.05) is 24.4 Å². The van der Waals surface area contributed by atoms with Crippen LogP contribution >= 0.6 is 0 Å². The van der Waals surface area contributed by atoms with Crippen LogP contribution < -0.4 is 14.8 Å². The predicted octanol–water partition coefficient (Wildman–Crippen LogP) is 3.20. The van der Waals surface area contributed by atoms with Crippen LogP contribution in [0, 0.1) is 0 Å². The molecule has 1 aliphatic heterocycles. The van der Waals surface area contributed by atoms with E-state index < -0.39 is 15.9 Å². The van der Waals surface area contributed by atoms with E-state index in [1.54, 1.807) is 41.3 Å². The van der Waals surface area contributed by atoms with Crippen LogP contribution in [0.4, 0.5) is 5.69 Å². The van der Waals surface area contributed by atoms with E-state index in [2.05, 4.69) is 10.0 Å². The molecule has 9 nitrogen and oxygen atoms in total. The minimum atomic E-state index is -3.97. The number of amides is 2. The molecule has 3 aromatic rings. The number of benzene rings is 3. The zero-order valence-corrected chi connectivity index (χ0v) is 20.2. The Kier molecular flexibility index (Phi) is 7.65. The molecule has 2 N–H and O–H groups in total. The number of piperidine rings is 1. The van der Waals surface area contributed by atoms with Gasteiger partial charge < -0.3 is 15.0 Å². The molecule has 0 bridgehead atoms. The summed E-state index contributed by atoms with van der Waals surface area (Å²) in [4.78, 5) is 37.5. The predicted molar refractivity (Wildman–Crippen MR) is 133 cm³/mol. The number of nitrogens with zero attached hydrogens (tertiary/aromatic N) is 1. The Bertz CT molecular complexity index is 1350. The molecule has 1 heterocycles. The van der Waals surface area contributed by atoms with Crippen molar-refractivity contribution in [1.82, 2.24) is 10.2 Å². The SMILES string of the molecule is O=C1CCN(C(=O)CNC(=O)c2ccc(S(=O)(=O)Nc3ccccc3Oc3ccccc3)cc2)CC1. The van der Waals surface area contributed by atoms with E-state index in [1.807, 2.05) is 18.2 Å². The van der Waals surface area contributed by atoms with E-state index in [4.69, 9.17) is 4.74 Å². The number of carbonyl (C=O) groups excluding carboxylic acids is 3. The Labute approximate surface area is 209 Å². The maximum atomic E-state index is 13.0. The van der Waals surface area contributed by atoms with Crippen molar-refractivity contribution in [1.29, 1.82) is 0 Å². The molecule has 186 valence electrons. The van der Waals surface area contributed by atoms with Gasteiger partial charge in [0.15, 0.2) is 5.75 Å². The number of ether oxygens (including phenoxy) is 1. The number of hydrogen-bond acceptors (Lipinski definition) is 6. The summed E-state index contributed by atoms with van der Waals surface area (Å²) in [6, 6.07) is 21.0. The summed E-state index contributed by atoms with van der Waals surface area (Å²) in [5, 5.41) is 2.54. The van der Waals surface area contributed by atoms with E-state index in [1.165, 1.54) is 24.3 Å². The van der Waals surface area contributed by atoms with Crippen molar-refractivity contribution in [3.63, 3.8) is 0 Å². The third-order valence-corrected chi connectivity index (χ3v) is 6.98. The van der Waals surface area contributed by atoms with Crippen LogP contribution in [-0.2, 0) is 19.6 Å². The van der Waals surface area contributed by atoms with Gasteiger partial charge >= 0.3 is 0 Å². The summed E-state index contributed by atoms with van der Waals surface area (Å²) in [5.74, 6) is 0.253. The molecule has 0 unspecified atom stereocenters. The lowest BCUT2D eigenvalue weighted by molar-refractivity contribution is -0.133. The second-order valence-electron chi connectivity index (χ2n) is 8.14. The standard InChI is InChI=1S/C26H25N3O6S/c30-20-14-16-29(17-15-20)25(31)18-27-26(32)19-10-12-22(13-11-19)36(33,34)28-23-8-4-5-9-24(23)35-21-6-2-1-3-7-21/h1-13,28H,14-18H2,(H,27,32). The van der Waals surface area contributed by atoms with Gasteiger partial charge in [0, 0.05) is 31.5 Å². The number of carbonyl (C=O) groups is 3. The van der Waals surface area contributed by atoms with Gasteiger partial charge in [-0.2, -0.15) is 0 Å². The minimum Gasteiger partial charge on any atom is -0.455 e. The fraction of sp³-hybridized carbons (Fsp3) is 0.192. The second-order valence-corrected chi connectivity index (χ2v) is 9.83. The number of likely N-dealkylation sites (tertiary alicyclic amines) is 1. The molecule has 0 atom stereocenters. The van der Waals surface area contributed by atoms with Gasteiger partial charge in [0.25, 0.3) is 15.9 Å². The number of Topliss-reactive ketones (excluding diaryl/α,β-unsaturated/α-hetero) is 1. The number of sulfonamides is 1. The monoisotopic (exact) mass is 507 g/mol. The first kappa shape index (κ1) is 24.9. The van der Waals surface area contributed by atoms with Gasteiger partial charge in [0.2, 0.25) is 5.91 Å². The first-order valence-corrected chi connectivity index (χ1v) is 12.8. The smallest absolute Gasteiger partial charge is 0.262 e. The zero-order chi connectivity index (χ0) is 25.5. The topological polar surface area (TPSA) is 122 Å². The van der Waals surface area contributed by atoms with Gasteiger partial charge in [-0.15, -0.1) is 0 Å². The number of para-hydroxylation sites is 3. The number of anilines is 1. The first-order valence-electron chi connectivity index (χ1n) is 11.3. The van der Waals surface area contributed by atoms with Crippen LogP contribution in [-0.4, -0.2) is 50.5 Å². The van der Waals surface area contributed by atoms with Crippen LogP contribution in [0.5, 0.6) is 11.5 Å². The van der Waals surface area contributed by atoms with Crippen molar-refractivity contribution in [2.45, 2.75) is 17.7 Å². The Morgan fingerprint density at radius 1 is 0.861 bits per heavy atom. The van der Waals surface area contributed by atoms with Crippen molar-refractivity contribution in [3.8, 4) is 11.5 Å². The molecule has 0 aromatic heterocycles. The number of hydrogen-bond donors (Lipinski definition) is 2. The van der Waals surface area contributed by atoms with Crippen molar-refractivity contribution in [2.24, 2.45) is 0 Å². The molecule has 10 heteroatoms. The number of nitrogens with one attached hydrogen (secondary N) is 2. The maximum absolute atomic E-state index is 13.0. The largest absolute Gasteiger partial charge is 0.455 e. The molecule has 4 rings (SSSR count). The molecule has 0 spiro atoms. The van der Waals surface area contributed by atoms with Gasteiger partial charge in [0.1, 0.15) is 11.5 Å². The highest BCUT2D eigenvalue weighted by Crippen LogP contribution is 2.30. The van der Waals surface area contributed by atoms with Gasteiger partial charge in [-0.05, 0) is 48.5 Å². The lowest BCUT2D eigenvalue weighted by Gasteiger charge is -2.26. The summed E-state index contributed by atoms with van der Waals surface area (Å²) in [7, 11) is -3.97. The molecular formula is C26H25N3O6S. The molecule has 36 heavy (non-hydrogen) atoms. The highest BCUT2D eigenvalue weighted by molar-refractivity contribution is 7.92. The van der Waals surface area contributed by atoms with Crippen LogP contribution in [0.15, 0.2) is 83.8 Å². The van der Waals surface area contributed by atoms with E-state index in [0.717, 1.165) is 0 Å². The third-order valence-electron chi connectivity index (χ3n) is 5.60. The number of rotatable bonds is 8. The van der Waals surface area contributed by atoms with Crippen LogP contribution in [0.25, 0.3) is 0 Å². The summed E-state index contributed by atoms with van der Waals surface area (Å²) >= 11 is 0. The molecular weight excluding hydrogens is 482 g/mol. The molecule has 3 aromatic carbocycles. The van der Waals surface area contributed by atoms with Gasteiger partial charge in [-0.3, -0.25) is 19.1 Å². The molecule has 0 saturated carbocycles. The number of ketones is 1. The van der Waals surface area contributed by atoms with Gasteiger partial charge in [0.05, 0.1) is 17.1 Å². The van der Waals surface area contributed by atoms with E-state index in [-0.39, 0.29) is 34.4 Å². The molecule has 1 aliphatic rings. The first-order chi connectivity index (χ1) is 17.3. The lowest BCUT2D eigenvalue weighted by Crippen LogP contribution is -2.44. The zero-order valence-electron chi connectivity index (χ0n) is 19.3. The fourth-order valence-corrected chi connectivity index (χ4v) is 4.69. The quantitative estimate of drug-likeness (QED) is 0.483. The Morgan fingerprint density at radius 2 is 1.50 bits per heavy atom. The molecule has 1 saturated heterocycles. The average molecular weight is 508 g/mol. The van der Waals surface area contributed by atoms with Crippen LogP contribution in [0.1, 0.15) is 23.2 Å². The van der Waals surface area contributed by atoms with Gasteiger partial charge in [-0.1, -0.05) is 30.3 Å². The molecule has 2 amide bonds. The molecule has 1 fully saturated rings. The summed E-state index contributed by atoms with van der Waals surface area (Å²) in [6.07, 6.45) is 0.652. The molecule has 0 radical (unpaired) electrons. The highest BCUT2D eigenvalue weighted by atomic mass is 32.2. The maximum Gasteiger partial charge on any atom is 0.262 e. The minimum absolute atomic E-state index is 0.0392. The van der Waals surface area contributed by atoms with Crippen molar-refractivity contribution in [3.05, 3.63) is 84.4 Å². The summed E-state index contributed by atoms with van der Waals surface area (Å²) < 4.78 is 34.3. The normalized spacial score (nSPS) is 13.7. The summed E-state index contributed by atoms with van der Waals surface area (Å²) in [6.45, 7) is 0.506. The Balaban J connectivity index is 1.38. The van der Waals surface area contributed by atoms with Gasteiger partial charge in [-0.25, -0.2) is 8.42 Å². The van der Waals surface area contributed by atoms with E-state index >= 15 is 0 Å². The Hall–Kier alpha value is -4.18. The Morgan fingerprint density at radius 3 is 2.19 bits per heavy atom. The third kappa shape index (κ3) is 6.28. The van der Waals surface area contributed by atoms with Crippen LogP contribution in [0.2, 0.25) is 0 Å². The average Bonchev–Trinajstić information content (AvgIpc) is 2.89.